The molecule has 1 aliphatic heterocycles. The number of ether oxygens (including phenoxy) is 2. The molecule has 3 rings (SSSR count). The van der Waals surface area contributed by atoms with E-state index in [1.807, 2.05) is 24.3 Å². The summed E-state index contributed by atoms with van der Waals surface area (Å²) in [6.45, 7) is 5.19. The Balaban J connectivity index is 1.68. The van der Waals surface area contributed by atoms with Crippen LogP contribution < -0.4 is 4.74 Å². The molecular weight excluding hydrogens is 396 g/mol. The molecule has 0 aromatic heterocycles. The SMILES string of the molecule is C=CCOc1ccc(CN(C)C(=O)c2ccc3c(c2)C(=O)N(CCCOC)C3=O)cc1. The van der Waals surface area contributed by atoms with Gasteiger partial charge in [0.1, 0.15) is 12.4 Å². The third-order valence-corrected chi connectivity index (χ3v) is 5.01. The Morgan fingerprint density at radius 1 is 1.10 bits per heavy atom. The van der Waals surface area contributed by atoms with Crippen molar-refractivity contribution in [2.75, 3.05) is 33.9 Å². The highest BCUT2D eigenvalue weighted by Crippen LogP contribution is 2.25. The number of methoxy groups -OCH3 is 1. The van der Waals surface area contributed by atoms with Gasteiger partial charge in [-0.05, 0) is 42.3 Å². The van der Waals surface area contributed by atoms with E-state index in [4.69, 9.17) is 9.47 Å². The normalized spacial score (nSPS) is 12.6. The molecule has 7 nitrogen and oxygen atoms in total. The minimum Gasteiger partial charge on any atom is -0.490 e. The quantitative estimate of drug-likeness (QED) is 0.334. The molecule has 0 radical (unpaired) electrons. The molecule has 0 aliphatic carbocycles. The maximum Gasteiger partial charge on any atom is 0.261 e. The maximum absolute atomic E-state index is 12.9. The van der Waals surface area contributed by atoms with Gasteiger partial charge in [-0.1, -0.05) is 24.8 Å². The number of imide groups is 1. The van der Waals surface area contributed by atoms with Gasteiger partial charge < -0.3 is 14.4 Å². The van der Waals surface area contributed by atoms with Gasteiger partial charge in [-0.3, -0.25) is 19.3 Å². The number of hydrogen-bond acceptors (Lipinski definition) is 5. The van der Waals surface area contributed by atoms with Gasteiger partial charge in [0.25, 0.3) is 17.7 Å². The average Bonchev–Trinajstić information content (AvgIpc) is 3.02. The van der Waals surface area contributed by atoms with Crippen molar-refractivity contribution in [1.29, 1.82) is 0 Å². The smallest absolute Gasteiger partial charge is 0.261 e. The topological polar surface area (TPSA) is 76.2 Å². The maximum atomic E-state index is 12.9. The molecule has 0 bridgehead atoms. The predicted molar refractivity (Wildman–Crippen MR) is 116 cm³/mol. The Labute approximate surface area is 181 Å². The van der Waals surface area contributed by atoms with E-state index in [9.17, 15) is 14.4 Å². The van der Waals surface area contributed by atoms with Crippen LogP contribution in [0, 0.1) is 0 Å². The number of nitrogens with zero attached hydrogens (tertiary/aromatic N) is 2. The van der Waals surface area contributed by atoms with E-state index >= 15 is 0 Å². The summed E-state index contributed by atoms with van der Waals surface area (Å²) in [6, 6.07) is 12.1. The van der Waals surface area contributed by atoms with Crippen molar-refractivity contribution in [3.05, 3.63) is 77.4 Å². The second kappa shape index (κ2) is 10.0. The molecule has 0 atom stereocenters. The largest absolute Gasteiger partial charge is 0.490 e. The fourth-order valence-corrected chi connectivity index (χ4v) is 3.41. The van der Waals surface area contributed by atoms with Crippen molar-refractivity contribution in [2.24, 2.45) is 0 Å². The lowest BCUT2D eigenvalue weighted by Crippen LogP contribution is -2.31. The highest BCUT2D eigenvalue weighted by molar-refractivity contribution is 6.22. The molecule has 31 heavy (non-hydrogen) atoms. The number of carbonyl (C=O) groups excluding carboxylic acids is 3. The van der Waals surface area contributed by atoms with Gasteiger partial charge in [0, 0.05) is 39.4 Å². The average molecular weight is 422 g/mol. The van der Waals surface area contributed by atoms with Crippen LogP contribution in [0.4, 0.5) is 0 Å². The minimum atomic E-state index is -0.372. The van der Waals surface area contributed by atoms with Crippen LogP contribution in [0.5, 0.6) is 5.75 Å². The lowest BCUT2D eigenvalue weighted by molar-refractivity contribution is 0.0638. The highest BCUT2D eigenvalue weighted by atomic mass is 16.5. The van der Waals surface area contributed by atoms with Gasteiger partial charge in [-0.25, -0.2) is 0 Å². The van der Waals surface area contributed by atoms with Crippen LogP contribution in [-0.2, 0) is 11.3 Å². The molecule has 0 N–H and O–H groups in total. The van der Waals surface area contributed by atoms with E-state index in [1.165, 1.54) is 11.0 Å². The standard InChI is InChI=1S/C24H26N2O5/c1-4-13-31-19-9-6-17(7-10-19)16-25(2)22(27)18-8-11-20-21(15-18)24(29)26(23(20)28)12-5-14-30-3/h4,6-11,15H,1,5,12-14,16H2,2-3H3. The Bertz CT molecular complexity index is 984. The molecule has 1 aliphatic rings. The number of benzene rings is 2. The zero-order valence-electron chi connectivity index (χ0n) is 17.8. The summed E-state index contributed by atoms with van der Waals surface area (Å²) < 4.78 is 10.5. The number of rotatable bonds is 10. The van der Waals surface area contributed by atoms with E-state index < -0.39 is 0 Å². The molecule has 0 fully saturated rings. The van der Waals surface area contributed by atoms with E-state index in [0.717, 1.165) is 11.3 Å². The summed E-state index contributed by atoms with van der Waals surface area (Å²) in [5, 5.41) is 0. The fourth-order valence-electron chi connectivity index (χ4n) is 3.41. The van der Waals surface area contributed by atoms with Gasteiger partial charge in [-0.15, -0.1) is 0 Å². The van der Waals surface area contributed by atoms with Crippen LogP contribution in [0.1, 0.15) is 43.1 Å². The van der Waals surface area contributed by atoms with Crippen molar-refractivity contribution in [3.63, 3.8) is 0 Å². The predicted octanol–water partition coefficient (Wildman–Crippen LogP) is 3.16. The van der Waals surface area contributed by atoms with Crippen LogP contribution >= 0.6 is 0 Å². The van der Waals surface area contributed by atoms with Crippen molar-refractivity contribution < 1.29 is 23.9 Å². The van der Waals surface area contributed by atoms with Crippen LogP contribution in [0.25, 0.3) is 0 Å². The Hall–Kier alpha value is -3.45. The lowest BCUT2D eigenvalue weighted by Gasteiger charge is -2.18. The lowest BCUT2D eigenvalue weighted by atomic mass is 10.0. The summed E-state index contributed by atoms with van der Waals surface area (Å²) in [6.07, 6.45) is 2.24. The van der Waals surface area contributed by atoms with Crippen molar-refractivity contribution >= 4 is 17.7 Å². The summed E-state index contributed by atoms with van der Waals surface area (Å²) in [5.74, 6) is -0.201. The molecule has 0 unspecified atom stereocenters. The highest BCUT2D eigenvalue weighted by Gasteiger charge is 2.35. The molecular formula is C24H26N2O5. The summed E-state index contributed by atoms with van der Waals surface area (Å²) in [4.78, 5) is 40.8. The van der Waals surface area contributed by atoms with E-state index in [0.29, 0.717) is 37.3 Å². The molecule has 1 heterocycles. The van der Waals surface area contributed by atoms with Gasteiger partial charge in [0.05, 0.1) is 11.1 Å². The first-order valence-electron chi connectivity index (χ1n) is 10.0. The van der Waals surface area contributed by atoms with Crippen molar-refractivity contribution in [2.45, 2.75) is 13.0 Å². The van der Waals surface area contributed by atoms with Crippen molar-refractivity contribution in [3.8, 4) is 5.75 Å². The molecule has 2 aromatic carbocycles. The third-order valence-electron chi connectivity index (χ3n) is 5.01. The van der Waals surface area contributed by atoms with Gasteiger partial charge >= 0.3 is 0 Å². The van der Waals surface area contributed by atoms with E-state index in [2.05, 4.69) is 6.58 Å². The number of hydrogen-bond donors (Lipinski definition) is 0. The zero-order valence-corrected chi connectivity index (χ0v) is 17.8. The van der Waals surface area contributed by atoms with E-state index in [-0.39, 0.29) is 29.8 Å². The summed E-state index contributed by atoms with van der Waals surface area (Å²) >= 11 is 0. The Morgan fingerprint density at radius 2 is 1.81 bits per heavy atom. The molecule has 162 valence electrons. The van der Waals surface area contributed by atoms with Crippen LogP contribution in [0.3, 0.4) is 0 Å². The zero-order chi connectivity index (χ0) is 22.4. The molecule has 0 saturated heterocycles. The number of carbonyl (C=O) groups is 3. The first kappa shape index (κ1) is 22.2. The molecule has 2 aromatic rings. The third kappa shape index (κ3) is 5.00. The molecule has 0 saturated carbocycles. The minimum absolute atomic E-state index is 0.229. The van der Waals surface area contributed by atoms with Gasteiger partial charge in [-0.2, -0.15) is 0 Å². The van der Waals surface area contributed by atoms with Crippen molar-refractivity contribution in [1.82, 2.24) is 9.80 Å². The molecule has 7 heteroatoms. The van der Waals surface area contributed by atoms with Crippen LogP contribution in [0.2, 0.25) is 0 Å². The van der Waals surface area contributed by atoms with Crippen LogP contribution in [-0.4, -0.2) is 61.4 Å². The number of amides is 3. The van der Waals surface area contributed by atoms with Gasteiger partial charge in [0.15, 0.2) is 0 Å². The Kier molecular flexibility index (Phi) is 7.20. The van der Waals surface area contributed by atoms with Crippen LogP contribution in [0.15, 0.2) is 55.1 Å². The fraction of sp³-hybridized carbons (Fsp3) is 0.292. The summed E-state index contributed by atoms with van der Waals surface area (Å²) in [7, 11) is 3.27. The Morgan fingerprint density at radius 3 is 2.48 bits per heavy atom. The van der Waals surface area contributed by atoms with E-state index in [1.54, 1.807) is 37.3 Å². The number of fused-ring (bicyclic) bond motifs is 1. The van der Waals surface area contributed by atoms with Gasteiger partial charge in [0.2, 0.25) is 0 Å². The molecule has 3 amide bonds. The summed E-state index contributed by atoms with van der Waals surface area (Å²) in [5.41, 5.74) is 1.91. The second-order valence-corrected chi connectivity index (χ2v) is 7.27. The first-order valence-corrected chi connectivity index (χ1v) is 10.0. The second-order valence-electron chi connectivity index (χ2n) is 7.27. The molecule has 0 spiro atoms. The first-order chi connectivity index (χ1) is 15.0. The monoisotopic (exact) mass is 422 g/mol.